The number of aromatic nitrogens is 2. The summed E-state index contributed by atoms with van der Waals surface area (Å²) in [6.07, 6.45) is 0. The van der Waals surface area contributed by atoms with Crippen molar-refractivity contribution in [2.24, 2.45) is 0 Å². The van der Waals surface area contributed by atoms with E-state index in [2.05, 4.69) is 154 Å². The smallest absolute Gasteiger partial charge is 0.189 e. The van der Waals surface area contributed by atoms with E-state index in [9.17, 15) is 0 Å². The fourth-order valence-electron chi connectivity index (χ4n) is 7.55. The quantitative estimate of drug-likeness (QED) is 0.176. The molecular weight excluding hydrogens is 591 g/mol. The molecule has 218 valence electrons. The lowest BCUT2D eigenvalue weighted by Crippen LogP contribution is -1.98. The van der Waals surface area contributed by atoms with E-state index in [-0.39, 0.29) is 0 Å². The van der Waals surface area contributed by atoms with E-state index >= 15 is 0 Å². The van der Waals surface area contributed by atoms with Gasteiger partial charge in [0.1, 0.15) is 0 Å². The fraction of sp³-hybridized carbons (Fsp3) is 0. The molecule has 0 amide bonds. The van der Waals surface area contributed by atoms with Crippen LogP contribution in [-0.2, 0) is 0 Å². The van der Waals surface area contributed by atoms with E-state index < -0.39 is 0 Å². The largest absolute Gasteiger partial charge is 0.310 e. The minimum Gasteiger partial charge on any atom is -0.310 e. The summed E-state index contributed by atoms with van der Waals surface area (Å²) in [6.45, 7) is 8.09. The summed E-state index contributed by atoms with van der Waals surface area (Å²) in [5.74, 6) is 0. The topological polar surface area (TPSA) is 14.2 Å². The SMILES string of the molecule is [C-]#[N+]c1cc(-c2ccccc2-n2c3ccccc3c3c4sc5ccccc5c4ccc32)cc(-n2c3ccccc3c3ccccc32)c1. The fourth-order valence-corrected chi connectivity index (χ4v) is 8.81. The first-order valence-corrected chi connectivity index (χ1v) is 16.5. The average molecular weight is 616 g/mol. The predicted octanol–water partition coefficient (Wildman–Crippen LogP) is 12.5. The molecule has 3 aromatic heterocycles. The average Bonchev–Trinajstić information content (AvgIpc) is 3.79. The second-order valence-corrected chi connectivity index (χ2v) is 13.1. The Kier molecular flexibility index (Phi) is 5.51. The van der Waals surface area contributed by atoms with Gasteiger partial charge in [0.2, 0.25) is 0 Å². The molecule has 7 aromatic carbocycles. The van der Waals surface area contributed by atoms with E-state index in [1.165, 1.54) is 52.8 Å². The molecule has 47 heavy (non-hydrogen) atoms. The number of fused-ring (bicyclic) bond motifs is 10. The molecule has 10 aromatic rings. The van der Waals surface area contributed by atoms with Crippen LogP contribution in [0.25, 0.3) is 91.1 Å². The zero-order chi connectivity index (χ0) is 31.1. The first kappa shape index (κ1) is 26.1. The third kappa shape index (κ3) is 3.72. The highest BCUT2D eigenvalue weighted by Gasteiger charge is 2.20. The number of rotatable bonds is 3. The molecule has 0 N–H and O–H groups in total. The molecule has 4 heteroatoms. The van der Waals surface area contributed by atoms with E-state index in [1.807, 2.05) is 23.5 Å². The molecule has 0 unspecified atom stereocenters. The van der Waals surface area contributed by atoms with Crippen molar-refractivity contribution >= 4 is 80.8 Å². The van der Waals surface area contributed by atoms with Crippen LogP contribution in [-0.4, -0.2) is 9.13 Å². The highest BCUT2D eigenvalue weighted by Crippen LogP contribution is 2.45. The molecule has 0 spiro atoms. The lowest BCUT2D eigenvalue weighted by atomic mass is 10.0. The Morgan fingerprint density at radius 3 is 1.85 bits per heavy atom. The zero-order valence-electron chi connectivity index (χ0n) is 25.2. The van der Waals surface area contributed by atoms with Gasteiger partial charge in [-0.2, -0.15) is 0 Å². The Morgan fingerprint density at radius 1 is 0.489 bits per heavy atom. The van der Waals surface area contributed by atoms with Gasteiger partial charge in [-0.1, -0.05) is 97.1 Å². The number of nitrogens with zero attached hydrogens (tertiary/aromatic N) is 3. The monoisotopic (exact) mass is 615 g/mol. The molecule has 0 atom stereocenters. The summed E-state index contributed by atoms with van der Waals surface area (Å²) in [5, 5.41) is 7.55. The minimum atomic E-state index is 0.614. The van der Waals surface area contributed by atoms with Crippen LogP contribution in [0.5, 0.6) is 0 Å². The number of para-hydroxylation sites is 4. The number of benzene rings is 7. The Labute approximate surface area is 274 Å². The lowest BCUT2D eigenvalue weighted by Gasteiger charge is -2.16. The predicted molar refractivity (Wildman–Crippen MR) is 200 cm³/mol. The molecule has 0 aliphatic rings. The van der Waals surface area contributed by atoms with E-state index in [0.29, 0.717) is 5.69 Å². The minimum absolute atomic E-state index is 0.614. The summed E-state index contributed by atoms with van der Waals surface area (Å²) in [6, 6.07) is 54.0. The Bertz CT molecular complexity index is 2880. The molecule has 3 nitrogen and oxygen atoms in total. The summed E-state index contributed by atoms with van der Waals surface area (Å²) < 4.78 is 7.33. The van der Waals surface area contributed by atoms with Gasteiger partial charge < -0.3 is 9.13 Å². The molecule has 0 aliphatic heterocycles. The highest BCUT2D eigenvalue weighted by molar-refractivity contribution is 7.26. The molecule has 0 bridgehead atoms. The zero-order valence-corrected chi connectivity index (χ0v) is 26.0. The van der Waals surface area contributed by atoms with Crippen LogP contribution >= 0.6 is 11.3 Å². The van der Waals surface area contributed by atoms with Crippen LogP contribution in [0.3, 0.4) is 0 Å². The molecule has 0 fully saturated rings. The summed E-state index contributed by atoms with van der Waals surface area (Å²) in [7, 11) is 0. The van der Waals surface area contributed by atoms with Crippen LogP contribution in [0.4, 0.5) is 5.69 Å². The van der Waals surface area contributed by atoms with Crippen LogP contribution in [0.15, 0.2) is 152 Å². The molecule has 0 saturated heterocycles. The maximum atomic E-state index is 8.09. The van der Waals surface area contributed by atoms with Gasteiger partial charge in [0.25, 0.3) is 0 Å². The van der Waals surface area contributed by atoms with Crippen molar-refractivity contribution in [1.82, 2.24) is 9.13 Å². The Balaban J connectivity index is 1.27. The number of hydrogen-bond acceptors (Lipinski definition) is 1. The van der Waals surface area contributed by atoms with Crippen LogP contribution in [0.1, 0.15) is 0 Å². The van der Waals surface area contributed by atoms with E-state index in [0.717, 1.165) is 33.5 Å². The van der Waals surface area contributed by atoms with Crippen molar-refractivity contribution in [3.8, 4) is 22.5 Å². The third-order valence-corrected chi connectivity index (χ3v) is 10.7. The number of hydrogen-bond donors (Lipinski definition) is 0. The van der Waals surface area contributed by atoms with Gasteiger partial charge in [0, 0.05) is 53.0 Å². The van der Waals surface area contributed by atoms with E-state index in [1.54, 1.807) is 0 Å². The van der Waals surface area contributed by atoms with Gasteiger partial charge in [-0.3, -0.25) is 0 Å². The first-order chi connectivity index (χ1) is 23.3. The molecular formula is C43H25N3S. The number of thiophene rings is 1. The second-order valence-electron chi connectivity index (χ2n) is 12.0. The van der Waals surface area contributed by atoms with Crippen LogP contribution in [0, 0.1) is 6.57 Å². The lowest BCUT2D eigenvalue weighted by molar-refractivity contribution is 1.17. The second kappa shape index (κ2) is 9.92. The maximum Gasteiger partial charge on any atom is 0.189 e. The van der Waals surface area contributed by atoms with Gasteiger partial charge in [-0.05, 0) is 60.2 Å². The van der Waals surface area contributed by atoms with Gasteiger partial charge in [0.05, 0.1) is 34.3 Å². The van der Waals surface area contributed by atoms with Gasteiger partial charge >= 0.3 is 0 Å². The van der Waals surface area contributed by atoms with Crippen LogP contribution < -0.4 is 0 Å². The van der Waals surface area contributed by atoms with Crippen molar-refractivity contribution in [3.05, 3.63) is 163 Å². The van der Waals surface area contributed by atoms with Gasteiger partial charge in [0.15, 0.2) is 5.69 Å². The third-order valence-electron chi connectivity index (χ3n) is 9.51. The van der Waals surface area contributed by atoms with Crippen LogP contribution in [0.2, 0.25) is 0 Å². The normalized spacial score (nSPS) is 11.8. The van der Waals surface area contributed by atoms with Crippen molar-refractivity contribution in [2.45, 2.75) is 0 Å². The summed E-state index contributed by atoms with van der Waals surface area (Å²) in [4.78, 5) is 3.97. The van der Waals surface area contributed by atoms with Gasteiger partial charge in [-0.25, -0.2) is 4.85 Å². The molecule has 0 saturated carbocycles. The molecule has 0 aliphatic carbocycles. The van der Waals surface area contributed by atoms with Gasteiger partial charge in [-0.15, -0.1) is 11.3 Å². The summed E-state index contributed by atoms with van der Waals surface area (Å²) >= 11 is 1.87. The maximum absolute atomic E-state index is 8.09. The van der Waals surface area contributed by atoms with Crippen molar-refractivity contribution in [3.63, 3.8) is 0 Å². The molecule has 0 radical (unpaired) electrons. The van der Waals surface area contributed by atoms with Crippen molar-refractivity contribution < 1.29 is 0 Å². The van der Waals surface area contributed by atoms with Crippen molar-refractivity contribution in [1.29, 1.82) is 0 Å². The standard InChI is InChI=1S/C43H25N3S/c1-44-28-24-27(25-29(26-28)45-37-18-8-3-13-31(37)32-14-4-9-19-38(32)45)30-12-2-7-17-36(30)46-39-20-10-5-16-35(39)42-40(46)23-22-34-33-15-6-11-21-41(33)47-43(34)42/h2-26H. The summed E-state index contributed by atoms with van der Waals surface area (Å²) in [5.41, 5.74) is 9.40. The Morgan fingerprint density at radius 2 is 1.11 bits per heavy atom. The highest BCUT2D eigenvalue weighted by atomic mass is 32.1. The van der Waals surface area contributed by atoms with E-state index in [4.69, 9.17) is 6.57 Å². The first-order valence-electron chi connectivity index (χ1n) is 15.7. The molecule has 3 heterocycles. The van der Waals surface area contributed by atoms with Crippen molar-refractivity contribution in [2.75, 3.05) is 0 Å². The molecule has 10 rings (SSSR count). The Hall–Kier alpha value is -6.15.